The number of hydrogen-bond acceptors (Lipinski definition) is 4. The van der Waals surface area contributed by atoms with E-state index in [2.05, 4.69) is 0 Å². The number of nitrogens with two attached hydrogens (primary N) is 1. The van der Waals surface area contributed by atoms with E-state index in [0.717, 1.165) is 12.8 Å². The van der Waals surface area contributed by atoms with Gasteiger partial charge in [0, 0.05) is 12.6 Å². The predicted octanol–water partition coefficient (Wildman–Crippen LogP) is 2.02. The lowest BCUT2D eigenvalue weighted by atomic mass is 9.80. The maximum absolute atomic E-state index is 12.4. The molecule has 0 aromatic carbocycles. The van der Waals surface area contributed by atoms with Gasteiger partial charge in [-0.1, -0.05) is 19.3 Å². The summed E-state index contributed by atoms with van der Waals surface area (Å²) >= 11 is 0. The summed E-state index contributed by atoms with van der Waals surface area (Å²) in [7, 11) is -3.01. The van der Waals surface area contributed by atoms with Gasteiger partial charge in [0.25, 0.3) is 0 Å². The Kier molecular flexibility index (Phi) is 4.90. The third kappa shape index (κ3) is 3.92. The van der Waals surface area contributed by atoms with E-state index < -0.39 is 9.84 Å². The lowest BCUT2D eigenvalue weighted by Gasteiger charge is -2.43. The summed E-state index contributed by atoms with van der Waals surface area (Å²) in [5, 5.41) is -0.210. The van der Waals surface area contributed by atoms with Crippen molar-refractivity contribution in [2.75, 3.05) is 12.4 Å². The van der Waals surface area contributed by atoms with Gasteiger partial charge < -0.3 is 10.5 Å². The van der Waals surface area contributed by atoms with Crippen LogP contribution < -0.4 is 5.73 Å². The van der Waals surface area contributed by atoms with E-state index in [1.807, 2.05) is 6.92 Å². The first-order valence-corrected chi connectivity index (χ1v) is 9.26. The average Bonchev–Trinajstić information content (AvgIpc) is 2.37. The molecule has 0 amide bonds. The summed E-state index contributed by atoms with van der Waals surface area (Å²) in [4.78, 5) is 0. The van der Waals surface area contributed by atoms with Crippen molar-refractivity contribution >= 4 is 9.84 Å². The fourth-order valence-corrected chi connectivity index (χ4v) is 5.40. The number of sulfone groups is 1. The van der Waals surface area contributed by atoms with Gasteiger partial charge >= 0.3 is 0 Å². The standard InChI is InChI=1S/C14H27NO3S/c1-12(15)6-10-19(16,17)13-5-9-18-14(11-13)7-3-2-4-8-14/h12-13H,2-11,15H2,1H3. The lowest BCUT2D eigenvalue weighted by Crippen LogP contribution is -2.46. The maximum Gasteiger partial charge on any atom is 0.153 e. The van der Waals surface area contributed by atoms with Gasteiger partial charge in [-0.15, -0.1) is 0 Å². The Labute approximate surface area is 117 Å². The third-order valence-corrected chi connectivity index (χ3v) is 6.80. The predicted molar refractivity (Wildman–Crippen MR) is 76.8 cm³/mol. The van der Waals surface area contributed by atoms with Crippen LogP contribution in [0.15, 0.2) is 0 Å². The SMILES string of the molecule is CC(N)CCS(=O)(=O)C1CCOC2(CCCCC2)C1. The molecule has 1 heterocycles. The van der Waals surface area contributed by atoms with Crippen LogP contribution in [0.2, 0.25) is 0 Å². The van der Waals surface area contributed by atoms with Gasteiger partial charge in [-0.2, -0.15) is 0 Å². The molecule has 0 bridgehead atoms. The normalized spacial score (nSPS) is 29.3. The Balaban J connectivity index is 2.00. The Morgan fingerprint density at radius 3 is 2.63 bits per heavy atom. The van der Waals surface area contributed by atoms with Gasteiger partial charge in [0.1, 0.15) is 0 Å². The molecule has 2 N–H and O–H groups in total. The molecule has 5 heteroatoms. The van der Waals surface area contributed by atoms with E-state index in [1.54, 1.807) is 0 Å². The van der Waals surface area contributed by atoms with Crippen molar-refractivity contribution in [3.63, 3.8) is 0 Å². The Morgan fingerprint density at radius 2 is 2.00 bits per heavy atom. The van der Waals surface area contributed by atoms with Crippen LogP contribution in [-0.2, 0) is 14.6 Å². The van der Waals surface area contributed by atoms with Gasteiger partial charge in [0.2, 0.25) is 0 Å². The number of rotatable bonds is 4. The van der Waals surface area contributed by atoms with Crippen molar-refractivity contribution in [3.8, 4) is 0 Å². The molecule has 1 aliphatic carbocycles. The van der Waals surface area contributed by atoms with Crippen molar-refractivity contribution in [3.05, 3.63) is 0 Å². The molecule has 1 aliphatic heterocycles. The van der Waals surface area contributed by atoms with Gasteiger partial charge in [0.05, 0.1) is 16.6 Å². The topological polar surface area (TPSA) is 69.4 Å². The molecule has 2 atom stereocenters. The molecule has 0 aromatic heterocycles. The van der Waals surface area contributed by atoms with Crippen molar-refractivity contribution in [1.29, 1.82) is 0 Å². The first kappa shape index (κ1) is 15.3. The largest absolute Gasteiger partial charge is 0.375 e. The third-order valence-electron chi connectivity index (χ3n) is 4.58. The molecule has 1 saturated carbocycles. The summed E-state index contributed by atoms with van der Waals surface area (Å²) in [6.45, 7) is 2.46. The fourth-order valence-electron chi connectivity index (χ4n) is 3.35. The van der Waals surface area contributed by atoms with Gasteiger partial charge in [0.15, 0.2) is 9.84 Å². The van der Waals surface area contributed by atoms with E-state index in [9.17, 15) is 8.42 Å². The van der Waals surface area contributed by atoms with Crippen LogP contribution in [0.5, 0.6) is 0 Å². The summed E-state index contributed by atoms with van der Waals surface area (Å²) in [6.07, 6.45) is 7.59. The van der Waals surface area contributed by atoms with Gasteiger partial charge in [-0.25, -0.2) is 8.42 Å². The van der Waals surface area contributed by atoms with Crippen LogP contribution in [0.1, 0.15) is 58.3 Å². The molecule has 2 unspecified atom stereocenters. The molecule has 19 heavy (non-hydrogen) atoms. The molecule has 1 saturated heterocycles. The van der Waals surface area contributed by atoms with Crippen LogP contribution in [0.25, 0.3) is 0 Å². The minimum absolute atomic E-state index is 0.0433. The van der Waals surface area contributed by atoms with Crippen LogP contribution >= 0.6 is 0 Å². The Bertz CT molecular complexity index is 380. The highest BCUT2D eigenvalue weighted by Gasteiger charge is 2.42. The minimum atomic E-state index is -3.01. The molecule has 0 radical (unpaired) electrons. The number of hydrogen-bond donors (Lipinski definition) is 1. The molecular weight excluding hydrogens is 262 g/mol. The highest BCUT2D eigenvalue weighted by molar-refractivity contribution is 7.92. The van der Waals surface area contributed by atoms with E-state index in [4.69, 9.17) is 10.5 Å². The van der Waals surface area contributed by atoms with Crippen molar-refractivity contribution in [2.24, 2.45) is 5.73 Å². The van der Waals surface area contributed by atoms with E-state index >= 15 is 0 Å². The van der Waals surface area contributed by atoms with Gasteiger partial charge in [-0.05, 0) is 39.0 Å². The quantitative estimate of drug-likeness (QED) is 0.859. The molecule has 4 nitrogen and oxygen atoms in total. The van der Waals surface area contributed by atoms with E-state index in [0.29, 0.717) is 25.9 Å². The van der Waals surface area contributed by atoms with E-state index in [1.165, 1.54) is 19.3 Å². The summed E-state index contributed by atoms with van der Waals surface area (Å²) in [5.41, 5.74) is 5.54. The first-order valence-electron chi connectivity index (χ1n) is 7.55. The lowest BCUT2D eigenvalue weighted by molar-refractivity contribution is -0.0978. The smallest absolute Gasteiger partial charge is 0.153 e. The fraction of sp³-hybridized carbons (Fsp3) is 1.00. The second-order valence-electron chi connectivity index (χ2n) is 6.34. The second-order valence-corrected chi connectivity index (χ2v) is 8.74. The maximum atomic E-state index is 12.4. The van der Waals surface area contributed by atoms with Crippen LogP contribution in [0.4, 0.5) is 0 Å². The minimum Gasteiger partial charge on any atom is -0.375 e. The summed E-state index contributed by atoms with van der Waals surface area (Å²) in [5.74, 6) is 0.228. The Morgan fingerprint density at radius 1 is 1.32 bits per heavy atom. The summed E-state index contributed by atoms with van der Waals surface area (Å²) < 4.78 is 30.8. The zero-order valence-corrected chi connectivity index (χ0v) is 12.8. The highest BCUT2D eigenvalue weighted by atomic mass is 32.2. The molecule has 2 rings (SSSR count). The Hall–Kier alpha value is -0.130. The first-order chi connectivity index (χ1) is 8.94. The average molecular weight is 289 g/mol. The van der Waals surface area contributed by atoms with Crippen molar-refractivity contribution in [1.82, 2.24) is 0 Å². The van der Waals surface area contributed by atoms with Crippen LogP contribution in [-0.4, -0.2) is 37.7 Å². The molecular formula is C14H27NO3S. The van der Waals surface area contributed by atoms with E-state index in [-0.39, 0.29) is 22.6 Å². The van der Waals surface area contributed by atoms with Crippen LogP contribution in [0.3, 0.4) is 0 Å². The highest BCUT2D eigenvalue weighted by Crippen LogP contribution is 2.40. The van der Waals surface area contributed by atoms with Crippen molar-refractivity contribution in [2.45, 2.75) is 75.2 Å². The molecule has 112 valence electrons. The van der Waals surface area contributed by atoms with Crippen LogP contribution in [0, 0.1) is 0 Å². The molecule has 0 aromatic rings. The summed E-state index contributed by atoms with van der Waals surface area (Å²) in [6, 6.07) is -0.0433. The monoisotopic (exact) mass is 289 g/mol. The second kappa shape index (κ2) is 6.10. The zero-order valence-electron chi connectivity index (χ0n) is 11.9. The molecule has 2 fully saturated rings. The molecule has 2 aliphatic rings. The molecule has 1 spiro atoms. The van der Waals surface area contributed by atoms with Gasteiger partial charge in [-0.3, -0.25) is 0 Å². The zero-order chi connectivity index (χ0) is 13.9. The van der Waals surface area contributed by atoms with Crippen molar-refractivity contribution < 1.29 is 13.2 Å². The number of ether oxygens (including phenoxy) is 1.